The summed E-state index contributed by atoms with van der Waals surface area (Å²) < 4.78 is 5.17. The fourth-order valence-corrected chi connectivity index (χ4v) is 3.44. The third-order valence-corrected chi connectivity index (χ3v) is 4.84. The Morgan fingerprint density at radius 2 is 1.43 bits per heavy atom. The predicted octanol–water partition coefficient (Wildman–Crippen LogP) is 5.63. The van der Waals surface area contributed by atoms with Crippen LogP contribution in [0.3, 0.4) is 0 Å². The smallest absolute Gasteiger partial charge is 0.337 e. The number of nitrogens with one attached hydrogen (secondary N) is 2. The van der Waals surface area contributed by atoms with E-state index in [9.17, 15) is 14.7 Å². The molecule has 0 saturated carbocycles. The number of aryl methyl sites for hydroxylation is 3. The molecule has 0 aromatic heterocycles. The topological polar surface area (TPSA) is 87.7 Å². The molecule has 0 atom stereocenters. The molecular formula is C24H24N2O4. The van der Waals surface area contributed by atoms with Gasteiger partial charge in [0, 0.05) is 5.69 Å². The molecule has 3 aromatic rings. The van der Waals surface area contributed by atoms with Gasteiger partial charge in [0.2, 0.25) is 0 Å². The molecule has 0 aliphatic carbocycles. The number of anilines is 2. The van der Waals surface area contributed by atoms with E-state index in [1.165, 1.54) is 6.07 Å². The van der Waals surface area contributed by atoms with E-state index in [1.807, 2.05) is 57.2 Å². The molecule has 2 amide bonds. The monoisotopic (exact) mass is 404 g/mol. The average molecular weight is 404 g/mol. The van der Waals surface area contributed by atoms with Gasteiger partial charge >= 0.3 is 12.0 Å². The molecule has 0 radical (unpaired) electrons. The third kappa shape index (κ3) is 4.60. The van der Waals surface area contributed by atoms with Crippen LogP contribution in [0.15, 0.2) is 54.6 Å². The fraction of sp³-hybridized carbons (Fsp3) is 0.167. The molecule has 0 fully saturated rings. The molecule has 6 nitrogen and oxygen atoms in total. The van der Waals surface area contributed by atoms with Crippen LogP contribution in [0.1, 0.15) is 27.0 Å². The van der Waals surface area contributed by atoms with Crippen molar-refractivity contribution < 1.29 is 19.4 Å². The number of carbonyl (C=O) groups excluding carboxylic acids is 1. The fourth-order valence-electron chi connectivity index (χ4n) is 3.44. The molecule has 0 aliphatic rings. The van der Waals surface area contributed by atoms with Crippen LogP contribution in [0.25, 0.3) is 11.1 Å². The number of hydrogen-bond donors (Lipinski definition) is 3. The second-order valence-electron chi connectivity index (χ2n) is 7.15. The van der Waals surface area contributed by atoms with Gasteiger partial charge in [0.25, 0.3) is 0 Å². The second kappa shape index (κ2) is 8.69. The van der Waals surface area contributed by atoms with Crippen molar-refractivity contribution >= 4 is 23.4 Å². The number of urea groups is 1. The summed E-state index contributed by atoms with van der Waals surface area (Å²) in [4.78, 5) is 24.3. The maximum Gasteiger partial charge on any atom is 0.337 e. The number of carboxylic acid groups (broad SMARTS) is 1. The van der Waals surface area contributed by atoms with Crippen LogP contribution in [0.5, 0.6) is 5.75 Å². The molecule has 0 heterocycles. The summed E-state index contributed by atoms with van der Waals surface area (Å²) in [5, 5.41) is 15.1. The van der Waals surface area contributed by atoms with E-state index in [1.54, 1.807) is 19.2 Å². The number of methoxy groups -OCH3 is 1. The van der Waals surface area contributed by atoms with Gasteiger partial charge in [-0.25, -0.2) is 9.59 Å². The van der Waals surface area contributed by atoms with Gasteiger partial charge in [-0.1, -0.05) is 35.9 Å². The summed E-state index contributed by atoms with van der Waals surface area (Å²) in [5.41, 5.74) is 5.58. The summed E-state index contributed by atoms with van der Waals surface area (Å²) in [6, 6.07) is 15.7. The first-order valence-corrected chi connectivity index (χ1v) is 9.46. The standard InChI is InChI=1S/C24H24N2O4/c1-14-11-15(2)22(16(3)12-14)26-24(29)25-21-13-18(7-10-20(21)23(27)28)17-5-8-19(30-4)9-6-17/h5-13H,1-4H3,(H,27,28)(H2,25,26,29). The Hall–Kier alpha value is -3.80. The molecule has 0 unspecified atom stereocenters. The van der Waals surface area contributed by atoms with E-state index in [0.29, 0.717) is 5.69 Å². The zero-order valence-corrected chi connectivity index (χ0v) is 17.4. The lowest BCUT2D eigenvalue weighted by atomic mass is 10.0. The van der Waals surface area contributed by atoms with Crippen molar-refractivity contribution in [3.05, 3.63) is 76.9 Å². The molecule has 3 aromatic carbocycles. The van der Waals surface area contributed by atoms with Gasteiger partial charge in [0.1, 0.15) is 5.75 Å². The Balaban J connectivity index is 1.89. The summed E-state index contributed by atoms with van der Waals surface area (Å²) >= 11 is 0. The van der Waals surface area contributed by atoms with Crippen LogP contribution in [0.4, 0.5) is 16.2 Å². The van der Waals surface area contributed by atoms with Crippen molar-refractivity contribution in [3.63, 3.8) is 0 Å². The van der Waals surface area contributed by atoms with E-state index in [-0.39, 0.29) is 11.3 Å². The highest BCUT2D eigenvalue weighted by atomic mass is 16.5. The number of benzene rings is 3. The number of carboxylic acids is 1. The zero-order chi connectivity index (χ0) is 21.8. The average Bonchev–Trinajstić information content (AvgIpc) is 2.70. The lowest BCUT2D eigenvalue weighted by Crippen LogP contribution is -2.22. The van der Waals surface area contributed by atoms with E-state index in [0.717, 1.165) is 33.6 Å². The molecule has 0 spiro atoms. The summed E-state index contributed by atoms with van der Waals surface area (Å²) in [7, 11) is 1.59. The number of ether oxygens (including phenoxy) is 1. The minimum atomic E-state index is -1.12. The van der Waals surface area contributed by atoms with Gasteiger partial charge < -0.3 is 20.5 Å². The van der Waals surface area contributed by atoms with Gasteiger partial charge in [-0.3, -0.25) is 0 Å². The molecule has 154 valence electrons. The first-order valence-electron chi connectivity index (χ1n) is 9.46. The SMILES string of the molecule is COc1ccc(-c2ccc(C(=O)O)c(NC(=O)Nc3c(C)cc(C)cc3C)c2)cc1. The first kappa shape index (κ1) is 20.9. The molecular weight excluding hydrogens is 380 g/mol. The van der Waals surface area contributed by atoms with Crippen LogP contribution >= 0.6 is 0 Å². The van der Waals surface area contributed by atoms with E-state index in [2.05, 4.69) is 10.6 Å². The van der Waals surface area contributed by atoms with Gasteiger partial charge in [-0.15, -0.1) is 0 Å². The van der Waals surface area contributed by atoms with Crippen molar-refractivity contribution in [1.29, 1.82) is 0 Å². The Morgan fingerprint density at radius 1 is 0.833 bits per heavy atom. The Morgan fingerprint density at radius 3 is 2.00 bits per heavy atom. The normalized spacial score (nSPS) is 10.4. The zero-order valence-electron chi connectivity index (χ0n) is 17.4. The van der Waals surface area contributed by atoms with Gasteiger partial charge in [-0.05, 0) is 67.3 Å². The molecule has 0 bridgehead atoms. The number of carbonyl (C=O) groups is 2. The van der Waals surface area contributed by atoms with E-state index >= 15 is 0 Å². The van der Waals surface area contributed by atoms with E-state index < -0.39 is 12.0 Å². The molecule has 6 heteroatoms. The molecule has 3 N–H and O–H groups in total. The second-order valence-corrected chi connectivity index (χ2v) is 7.15. The minimum Gasteiger partial charge on any atom is -0.497 e. The maximum atomic E-state index is 12.6. The van der Waals surface area contributed by atoms with Gasteiger partial charge in [0.15, 0.2) is 0 Å². The number of aromatic carboxylic acids is 1. The minimum absolute atomic E-state index is 0.0137. The van der Waals surface area contributed by atoms with Crippen LogP contribution in [-0.4, -0.2) is 24.2 Å². The van der Waals surface area contributed by atoms with Crippen molar-refractivity contribution in [2.75, 3.05) is 17.7 Å². The largest absolute Gasteiger partial charge is 0.497 e. The number of amides is 2. The molecule has 0 saturated heterocycles. The summed E-state index contributed by atoms with van der Waals surface area (Å²) in [6.45, 7) is 5.83. The van der Waals surface area contributed by atoms with Crippen molar-refractivity contribution in [2.24, 2.45) is 0 Å². The van der Waals surface area contributed by atoms with Crippen molar-refractivity contribution in [3.8, 4) is 16.9 Å². The quantitative estimate of drug-likeness (QED) is 0.514. The molecule has 0 aliphatic heterocycles. The Kier molecular flexibility index (Phi) is 6.06. The Bertz CT molecular complexity index is 1080. The third-order valence-electron chi connectivity index (χ3n) is 4.84. The van der Waals surface area contributed by atoms with Gasteiger partial charge in [0.05, 0.1) is 18.4 Å². The summed E-state index contributed by atoms with van der Waals surface area (Å²) in [5.74, 6) is -0.392. The number of hydrogen-bond acceptors (Lipinski definition) is 3. The Labute approximate surface area is 175 Å². The number of rotatable bonds is 5. The van der Waals surface area contributed by atoms with Gasteiger partial charge in [-0.2, -0.15) is 0 Å². The predicted molar refractivity (Wildman–Crippen MR) is 119 cm³/mol. The highest BCUT2D eigenvalue weighted by molar-refractivity contribution is 6.05. The molecule has 3 rings (SSSR count). The lowest BCUT2D eigenvalue weighted by Gasteiger charge is -2.15. The van der Waals surface area contributed by atoms with E-state index in [4.69, 9.17) is 4.74 Å². The first-order chi connectivity index (χ1) is 14.3. The lowest BCUT2D eigenvalue weighted by molar-refractivity contribution is 0.0698. The maximum absolute atomic E-state index is 12.6. The van der Waals surface area contributed by atoms with Crippen molar-refractivity contribution in [2.45, 2.75) is 20.8 Å². The highest BCUT2D eigenvalue weighted by Crippen LogP contribution is 2.28. The highest BCUT2D eigenvalue weighted by Gasteiger charge is 2.15. The van der Waals surface area contributed by atoms with Crippen LogP contribution in [-0.2, 0) is 0 Å². The summed E-state index contributed by atoms with van der Waals surface area (Å²) in [6.07, 6.45) is 0. The van der Waals surface area contributed by atoms with Crippen LogP contribution in [0, 0.1) is 20.8 Å². The van der Waals surface area contributed by atoms with Crippen LogP contribution < -0.4 is 15.4 Å². The molecule has 30 heavy (non-hydrogen) atoms. The van der Waals surface area contributed by atoms with Crippen molar-refractivity contribution in [1.82, 2.24) is 0 Å². The van der Waals surface area contributed by atoms with Crippen LogP contribution in [0.2, 0.25) is 0 Å².